The Morgan fingerprint density at radius 2 is 2.28 bits per heavy atom. The van der Waals surface area contributed by atoms with E-state index in [1.54, 1.807) is 18.5 Å². The van der Waals surface area contributed by atoms with Crippen LogP contribution in [-0.4, -0.2) is 29.8 Å². The molecule has 0 bridgehead atoms. The number of imidazole rings is 1. The number of sulfonamides is 1. The zero-order valence-corrected chi connectivity index (χ0v) is 11.6. The average Bonchev–Trinajstić information content (AvgIpc) is 2.58. The summed E-state index contributed by atoms with van der Waals surface area (Å²) >= 11 is 0. The molecule has 0 amide bonds. The van der Waals surface area contributed by atoms with Crippen LogP contribution in [0.4, 0.5) is 0 Å². The smallest absolute Gasteiger partial charge is 0.259 e. The summed E-state index contributed by atoms with van der Waals surface area (Å²) in [5.74, 6) is 0.580. The van der Waals surface area contributed by atoms with Gasteiger partial charge in [0.05, 0.1) is 5.84 Å². The predicted octanol–water partition coefficient (Wildman–Crippen LogP) is 0.111. The number of nitrogens with two attached hydrogens (primary N) is 1. The molecule has 0 aliphatic carbocycles. The molecule has 0 saturated carbocycles. The third-order valence-corrected chi connectivity index (χ3v) is 4.03. The minimum absolute atomic E-state index is 0.00972. The lowest BCUT2D eigenvalue weighted by Gasteiger charge is -2.15. The van der Waals surface area contributed by atoms with Gasteiger partial charge in [-0.1, -0.05) is 6.92 Å². The summed E-state index contributed by atoms with van der Waals surface area (Å²) < 4.78 is 28.2. The summed E-state index contributed by atoms with van der Waals surface area (Å²) in [6, 6.07) is -0.380. The molecule has 0 spiro atoms. The number of nitrogens with zero attached hydrogens (tertiary/aromatic N) is 2. The standard InChI is InChI=1S/C10H19N5O2S/c1-4-8(5-9(11)12)14-18(16,17)10-6-15(3)7(2)13-10/h6,8,14H,4-5H2,1-3H3,(H3,11,12). The van der Waals surface area contributed by atoms with Gasteiger partial charge in [-0.25, -0.2) is 18.1 Å². The fraction of sp³-hybridized carbons (Fsp3) is 0.600. The second kappa shape index (κ2) is 5.49. The highest BCUT2D eigenvalue weighted by Crippen LogP contribution is 2.10. The Morgan fingerprint density at radius 1 is 1.67 bits per heavy atom. The monoisotopic (exact) mass is 273 g/mol. The van der Waals surface area contributed by atoms with E-state index in [9.17, 15) is 8.42 Å². The Labute approximate surface area is 107 Å². The van der Waals surface area contributed by atoms with E-state index in [1.165, 1.54) is 6.20 Å². The quantitative estimate of drug-likeness (QED) is 0.504. The third-order valence-electron chi connectivity index (χ3n) is 2.64. The Morgan fingerprint density at radius 3 is 2.67 bits per heavy atom. The average molecular weight is 273 g/mol. The lowest BCUT2D eigenvalue weighted by molar-refractivity contribution is 0.542. The number of aryl methyl sites for hydroxylation is 2. The van der Waals surface area contributed by atoms with Gasteiger partial charge in [-0.3, -0.25) is 5.41 Å². The van der Waals surface area contributed by atoms with E-state index in [0.717, 1.165) is 0 Å². The van der Waals surface area contributed by atoms with Gasteiger partial charge in [0.1, 0.15) is 5.82 Å². The van der Waals surface area contributed by atoms with Gasteiger partial charge in [0.2, 0.25) is 0 Å². The van der Waals surface area contributed by atoms with Crippen molar-refractivity contribution in [3.05, 3.63) is 12.0 Å². The first-order valence-electron chi connectivity index (χ1n) is 5.61. The summed E-state index contributed by atoms with van der Waals surface area (Å²) in [6.07, 6.45) is 2.21. The minimum atomic E-state index is -3.65. The third kappa shape index (κ3) is 3.54. The van der Waals surface area contributed by atoms with Crippen LogP contribution < -0.4 is 10.5 Å². The van der Waals surface area contributed by atoms with Crippen molar-refractivity contribution in [2.24, 2.45) is 12.8 Å². The Kier molecular flexibility index (Phi) is 4.47. The van der Waals surface area contributed by atoms with Crippen molar-refractivity contribution in [1.82, 2.24) is 14.3 Å². The second-order valence-electron chi connectivity index (χ2n) is 4.19. The molecule has 0 aliphatic rings. The van der Waals surface area contributed by atoms with Crippen LogP contribution in [-0.2, 0) is 17.1 Å². The molecule has 4 N–H and O–H groups in total. The highest BCUT2D eigenvalue weighted by Gasteiger charge is 2.22. The van der Waals surface area contributed by atoms with Crippen molar-refractivity contribution in [2.75, 3.05) is 0 Å². The van der Waals surface area contributed by atoms with E-state index in [2.05, 4.69) is 9.71 Å². The van der Waals surface area contributed by atoms with Crippen molar-refractivity contribution in [2.45, 2.75) is 37.8 Å². The summed E-state index contributed by atoms with van der Waals surface area (Å²) in [5.41, 5.74) is 5.28. The summed E-state index contributed by atoms with van der Waals surface area (Å²) in [5, 5.41) is 7.19. The molecule has 0 aliphatic heterocycles. The van der Waals surface area contributed by atoms with E-state index in [-0.39, 0.29) is 23.3 Å². The van der Waals surface area contributed by atoms with E-state index in [4.69, 9.17) is 11.1 Å². The molecule has 1 heterocycles. The lowest BCUT2D eigenvalue weighted by Crippen LogP contribution is -2.37. The Hall–Kier alpha value is -1.41. The molecule has 1 aromatic heterocycles. The van der Waals surface area contributed by atoms with E-state index in [1.807, 2.05) is 6.92 Å². The molecule has 1 rings (SSSR count). The van der Waals surface area contributed by atoms with Gasteiger partial charge in [-0.2, -0.15) is 0 Å². The maximum absolute atomic E-state index is 12.1. The molecule has 0 saturated heterocycles. The number of rotatable bonds is 6. The van der Waals surface area contributed by atoms with E-state index >= 15 is 0 Å². The van der Waals surface area contributed by atoms with E-state index < -0.39 is 10.0 Å². The number of hydrogen-bond acceptors (Lipinski definition) is 4. The Bertz CT molecular complexity index is 515. The highest BCUT2D eigenvalue weighted by atomic mass is 32.2. The minimum Gasteiger partial charge on any atom is -0.388 e. The first-order chi connectivity index (χ1) is 8.26. The van der Waals surface area contributed by atoms with Crippen molar-refractivity contribution in [3.8, 4) is 0 Å². The van der Waals surface area contributed by atoms with Crippen LogP contribution in [0.25, 0.3) is 0 Å². The van der Waals surface area contributed by atoms with Gasteiger partial charge < -0.3 is 10.3 Å². The maximum atomic E-state index is 12.1. The maximum Gasteiger partial charge on any atom is 0.259 e. The molecular weight excluding hydrogens is 254 g/mol. The zero-order chi connectivity index (χ0) is 13.9. The van der Waals surface area contributed by atoms with Crippen LogP contribution >= 0.6 is 0 Å². The predicted molar refractivity (Wildman–Crippen MR) is 68.9 cm³/mol. The molecule has 1 aromatic rings. The summed E-state index contributed by atoms with van der Waals surface area (Å²) in [6.45, 7) is 3.56. The molecule has 8 heteroatoms. The van der Waals surface area contributed by atoms with Gasteiger partial charge in [0.25, 0.3) is 10.0 Å². The van der Waals surface area contributed by atoms with Crippen LogP contribution in [0.1, 0.15) is 25.6 Å². The number of aromatic nitrogens is 2. The molecule has 0 aromatic carbocycles. The molecule has 102 valence electrons. The molecule has 0 fully saturated rings. The number of hydrogen-bond donors (Lipinski definition) is 3. The zero-order valence-electron chi connectivity index (χ0n) is 10.8. The molecular formula is C10H19N5O2S. The van der Waals surface area contributed by atoms with Gasteiger partial charge >= 0.3 is 0 Å². The van der Waals surface area contributed by atoms with Gasteiger partial charge in [0, 0.05) is 25.7 Å². The van der Waals surface area contributed by atoms with Crippen LogP contribution in [0.2, 0.25) is 0 Å². The van der Waals surface area contributed by atoms with Gasteiger partial charge in [-0.05, 0) is 13.3 Å². The van der Waals surface area contributed by atoms with Gasteiger partial charge in [0.15, 0.2) is 5.03 Å². The molecule has 18 heavy (non-hydrogen) atoms. The highest BCUT2D eigenvalue weighted by molar-refractivity contribution is 7.89. The first-order valence-corrected chi connectivity index (χ1v) is 7.09. The molecule has 0 radical (unpaired) electrons. The van der Waals surface area contributed by atoms with Crippen LogP contribution in [0, 0.1) is 12.3 Å². The molecule has 1 atom stereocenters. The van der Waals surface area contributed by atoms with Crippen LogP contribution in [0.15, 0.2) is 11.2 Å². The van der Waals surface area contributed by atoms with E-state index in [0.29, 0.717) is 12.2 Å². The molecule has 1 unspecified atom stereocenters. The topological polar surface area (TPSA) is 114 Å². The van der Waals surface area contributed by atoms with Crippen molar-refractivity contribution >= 4 is 15.9 Å². The largest absolute Gasteiger partial charge is 0.388 e. The second-order valence-corrected chi connectivity index (χ2v) is 5.85. The normalized spacial score (nSPS) is 13.5. The van der Waals surface area contributed by atoms with Crippen LogP contribution in [0.5, 0.6) is 0 Å². The number of amidine groups is 1. The molecule has 7 nitrogen and oxygen atoms in total. The van der Waals surface area contributed by atoms with Crippen molar-refractivity contribution < 1.29 is 8.42 Å². The Balaban J connectivity index is 2.90. The summed E-state index contributed by atoms with van der Waals surface area (Å²) in [7, 11) is -1.92. The first kappa shape index (κ1) is 14.7. The lowest BCUT2D eigenvalue weighted by atomic mass is 10.1. The summed E-state index contributed by atoms with van der Waals surface area (Å²) in [4.78, 5) is 3.98. The fourth-order valence-electron chi connectivity index (χ4n) is 1.47. The van der Waals surface area contributed by atoms with Crippen LogP contribution in [0.3, 0.4) is 0 Å². The van der Waals surface area contributed by atoms with Gasteiger partial charge in [-0.15, -0.1) is 0 Å². The SMILES string of the molecule is CCC(CC(=N)N)NS(=O)(=O)c1cn(C)c(C)n1. The number of nitrogens with one attached hydrogen (secondary N) is 2. The van der Waals surface area contributed by atoms with Crippen molar-refractivity contribution in [3.63, 3.8) is 0 Å². The van der Waals surface area contributed by atoms with Crippen molar-refractivity contribution in [1.29, 1.82) is 5.41 Å². The fourth-order valence-corrected chi connectivity index (χ4v) is 2.83.